The number of nitro benzene ring substituents is 1. The number of anilines is 1. The second-order valence-corrected chi connectivity index (χ2v) is 5.20. The van der Waals surface area contributed by atoms with E-state index in [-0.39, 0.29) is 11.7 Å². The maximum Gasteiger partial charge on any atom is 0.328 e. The molecule has 0 aromatic heterocycles. The average molecular weight is 285 g/mol. The zero-order valence-electron chi connectivity index (χ0n) is 11.2. The van der Waals surface area contributed by atoms with Gasteiger partial charge in [-0.05, 0) is 25.7 Å². The summed E-state index contributed by atoms with van der Waals surface area (Å²) >= 11 is 0. The lowest BCUT2D eigenvalue weighted by molar-refractivity contribution is -0.386. The van der Waals surface area contributed by atoms with Gasteiger partial charge in [-0.2, -0.15) is 4.39 Å². The third-order valence-corrected chi connectivity index (χ3v) is 3.81. The van der Waals surface area contributed by atoms with Crippen LogP contribution in [-0.4, -0.2) is 24.1 Å². The Kier molecular flexibility index (Phi) is 4.17. The van der Waals surface area contributed by atoms with E-state index in [1.807, 2.05) is 6.92 Å². The zero-order chi connectivity index (χ0) is 14.9. The summed E-state index contributed by atoms with van der Waals surface area (Å²) in [7, 11) is 0. The predicted molar refractivity (Wildman–Crippen MR) is 71.6 cm³/mol. The molecule has 0 amide bonds. The number of piperidine rings is 1. The van der Waals surface area contributed by atoms with Gasteiger partial charge in [0.2, 0.25) is 5.82 Å². The van der Waals surface area contributed by atoms with Gasteiger partial charge in [-0.15, -0.1) is 0 Å². The summed E-state index contributed by atoms with van der Waals surface area (Å²) < 4.78 is 26.9. The highest BCUT2D eigenvalue weighted by Gasteiger charge is 2.29. The highest BCUT2D eigenvalue weighted by Crippen LogP contribution is 2.34. The van der Waals surface area contributed by atoms with E-state index in [0.29, 0.717) is 25.1 Å². The van der Waals surface area contributed by atoms with Crippen LogP contribution in [0.25, 0.3) is 0 Å². The van der Waals surface area contributed by atoms with Crippen LogP contribution >= 0.6 is 0 Å². The van der Waals surface area contributed by atoms with Crippen molar-refractivity contribution in [2.24, 2.45) is 11.7 Å². The van der Waals surface area contributed by atoms with E-state index >= 15 is 0 Å². The molecule has 0 saturated carbocycles. The molecule has 1 heterocycles. The van der Waals surface area contributed by atoms with E-state index in [1.54, 1.807) is 4.90 Å². The fourth-order valence-electron chi connectivity index (χ4n) is 2.64. The Morgan fingerprint density at radius 1 is 1.40 bits per heavy atom. The molecular weight excluding hydrogens is 268 g/mol. The van der Waals surface area contributed by atoms with Crippen LogP contribution in [-0.2, 0) is 0 Å². The van der Waals surface area contributed by atoms with Gasteiger partial charge >= 0.3 is 5.69 Å². The monoisotopic (exact) mass is 285 g/mol. The van der Waals surface area contributed by atoms with Gasteiger partial charge in [-0.1, -0.05) is 0 Å². The summed E-state index contributed by atoms with van der Waals surface area (Å²) in [4.78, 5) is 11.8. The molecular formula is C13H17F2N3O2. The first-order chi connectivity index (χ1) is 9.40. The molecule has 2 N–H and O–H groups in total. The first-order valence-corrected chi connectivity index (χ1v) is 6.54. The quantitative estimate of drug-likeness (QED) is 0.684. The van der Waals surface area contributed by atoms with E-state index in [0.717, 1.165) is 18.9 Å². The van der Waals surface area contributed by atoms with Crippen LogP contribution < -0.4 is 10.6 Å². The lowest BCUT2D eigenvalue weighted by atomic mass is 9.90. The second kappa shape index (κ2) is 5.70. The number of halogens is 2. The van der Waals surface area contributed by atoms with Crippen LogP contribution in [0.5, 0.6) is 0 Å². The molecule has 1 unspecified atom stereocenters. The maximum atomic E-state index is 13.6. The van der Waals surface area contributed by atoms with Crippen LogP contribution in [0.3, 0.4) is 0 Å². The molecule has 1 atom stereocenters. The van der Waals surface area contributed by atoms with Gasteiger partial charge in [-0.25, -0.2) is 4.39 Å². The van der Waals surface area contributed by atoms with E-state index in [9.17, 15) is 18.9 Å². The number of nitro groups is 1. The molecule has 2 rings (SSSR count). The van der Waals surface area contributed by atoms with Crippen LogP contribution in [0.4, 0.5) is 20.2 Å². The van der Waals surface area contributed by atoms with Crippen LogP contribution in [0, 0.1) is 27.7 Å². The minimum absolute atomic E-state index is 0.00984. The Morgan fingerprint density at radius 2 is 2.00 bits per heavy atom. The number of rotatable bonds is 3. The Hall–Kier alpha value is -1.76. The van der Waals surface area contributed by atoms with Crippen molar-refractivity contribution in [2.45, 2.75) is 25.8 Å². The zero-order valence-corrected chi connectivity index (χ0v) is 11.2. The molecule has 20 heavy (non-hydrogen) atoms. The van der Waals surface area contributed by atoms with Crippen LogP contribution in [0.2, 0.25) is 0 Å². The van der Waals surface area contributed by atoms with Crippen LogP contribution in [0.1, 0.15) is 19.8 Å². The molecule has 7 heteroatoms. The maximum absolute atomic E-state index is 13.6. The van der Waals surface area contributed by atoms with Gasteiger partial charge in [0.25, 0.3) is 0 Å². The molecule has 1 aliphatic rings. The molecule has 1 aliphatic heterocycles. The van der Waals surface area contributed by atoms with Gasteiger partial charge in [0, 0.05) is 31.3 Å². The molecule has 5 nitrogen and oxygen atoms in total. The predicted octanol–water partition coefficient (Wildman–Crippen LogP) is 2.44. The molecule has 110 valence electrons. The summed E-state index contributed by atoms with van der Waals surface area (Å²) in [6.45, 7) is 2.94. The van der Waals surface area contributed by atoms with Crippen molar-refractivity contribution in [1.82, 2.24) is 0 Å². The largest absolute Gasteiger partial charge is 0.366 e. The van der Waals surface area contributed by atoms with Gasteiger partial charge in [0.05, 0.1) is 4.92 Å². The fourth-order valence-corrected chi connectivity index (χ4v) is 2.64. The minimum Gasteiger partial charge on any atom is -0.366 e. The summed E-state index contributed by atoms with van der Waals surface area (Å²) in [6, 6.07) is 1.61. The van der Waals surface area contributed by atoms with Gasteiger partial charge in [0.15, 0.2) is 0 Å². The Morgan fingerprint density at radius 3 is 2.50 bits per heavy atom. The average Bonchev–Trinajstić information content (AvgIpc) is 2.37. The third-order valence-electron chi connectivity index (χ3n) is 3.81. The van der Waals surface area contributed by atoms with E-state index < -0.39 is 22.2 Å². The SMILES string of the molecule is CC(N)C1CCN(c2cc(F)cc(F)c2[N+](=O)[O-])CC1. The van der Waals surface area contributed by atoms with Crippen molar-refractivity contribution in [3.05, 3.63) is 33.9 Å². The molecule has 1 fully saturated rings. The van der Waals surface area contributed by atoms with E-state index in [1.165, 1.54) is 0 Å². The topological polar surface area (TPSA) is 72.4 Å². The Bertz CT molecular complexity index is 515. The van der Waals surface area contributed by atoms with Crippen molar-refractivity contribution in [3.8, 4) is 0 Å². The molecule has 1 saturated heterocycles. The highest BCUT2D eigenvalue weighted by atomic mass is 19.1. The lowest BCUT2D eigenvalue weighted by Crippen LogP contribution is -2.40. The van der Waals surface area contributed by atoms with Gasteiger partial charge < -0.3 is 10.6 Å². The van der Waals surface area contributed by atoms with E-state index in [4.69, 9.17) is 5.73 Å². The number of nitrogens with two attached hydrogens (primary N) is 1. The second-order valence-electron chi connectivity index (χ2n) is 5.20. The first kappa shape index (κ1) is 14.6. The summed E-state index contributed by atoms with van der Waals surface area (Å²) in [5, 5.41) is 11.0. The summed E-state index contributed by atoms with van der Waals surface area (Å²) in [6.07, 6.45) is 1.51. The smallest absolute Gasteiger partial charge is 0.328 e. The molecule has 0 spiro atoms. The number of hydrogen-bond donors (Lipinski definition) is 1. The Labute approximate surface area is 115 Å². The van der Waals surface area contributed by atoms with Crippen molar-refractivity contribution < 1.29 is 13.7 Å². The number of nitrogens with zero attached hydrogens (tertiary/aromatic N) is 2. The normalized spacial score (nSPS) is 18.1. The van der Waals surface area contributed by atoms with Crippen molar-refractivity contribution >= 4 is 11.4 Å². The minimum atomic E-state index is -1.14. The molecule has 0 radical (unpaired) electrons. The highest BCUT2D eigenvalue weighted by molar-refractivity contribution is 5.64. The third kappa shape index (κ3) is 2.87. The lowest BCUT2D eigenvalue weighted by Gasteiger charge is -2.34. The van der Waals surface area contributed by atoms with Gasteiger partial charge in [-0.3, -0.25) is 10.1 Å². The molecule has 0 bridgehead atoms. The molecule has 1 aromatic rings. The van der Waals surface area contributed by atoms with Crippen molar-refractivity contribution in [3.63, 3.8) is 0 Å². The van der Waals surface area contributed by atoms with E-state index in [2.05, 4.69) is 0 Å². The fraction of sp³-hybridized carbons (Fsp3) is 0.538. The molecule has 1 aromatic carbocycles. The van der Waals surface area contributed by atoms with Crippen molar-refractivity contribution in [2.75, 3.05) is 18.0 Å². The van der Waals surface area contributed by atoms with Crippen LogP contribution in [0.15, 0.2) is 12.1 Å². The number of benzene rings is 1. The summed E-state index contributed by atoms with van der Waals surface area (Å²) in [5.74, 6) is -1.61. The summed E-state index contributed by atoms with van der Waals surface area (Å²) in [5.41, 5.74) is 5.18. The molecule has 0 aliphatic carbocycles. The van der Waals surface area contributed by atoms with Crippen molar-refractivity contribution in [1.29, 1.82) is 0 Å². The number of hydrogen-bond acceptors (Lipinski definition) is 4. The Balaban J connectivity index is 2.27. The first-order valence-electron chi connectivity index (χ1n) is 6.54. The standard InChI is InChI=1S/C13H17F2N3O2/c1-8(16)9-2-4-17(5-3-9)12-7-10(14)6-11(15)13(12)18(19)20/h6-9H,2-5,16H2,1H3. The van der Waals surface area contributed by atoms with Gasteiger partial charge in [0.1, 0.15) is 11.5 Å².